The van der Waals surface area contributed by atoms with E-state index < -0.39 is 18.4 Å². The van der Waals surface area contributed by atoms with E-state index in [0.717, 1.165) is 32.9 Å². The summed E-state index contributed by atoms with van der Waals surface area (Å²) in [4.78, 5) is 28.4. The molecule has 1 N–H and O–H groups in total. The lowest BCUT2D eigenvalue weighted by Gasteiger charge is -2.31. The van der Waals surface area contributed by atoms with Crippen LogP contribution in [0, 0.1) is 21.0 Å². The first kappa shape index (κ1) is 20.0. The van der Waals surface area contributed by atoms with E-state index in [1.807, 2.05) is 38.1 Å². The number of anilines is 1. The van der Waals surface area contributed by atoms with Crippen molar-refractivity contribution < 1.29 is 24.2 Å². The predicted molar refractivity (Wildman–Crippen MR) is 111 cm³/mol. The average Bonchev–Trinajstić information content (AvgIpc) is 3.18. The fourth-order valence-electron chi connectivity index (χ4n) is 3.98. The molecule has 2 aromatic rings. The lowest BCUT2D eigenvalue weighted by atomic mass is 10.0. The van der Waals surface area contributed by atoms with Crippen LogP contribution in [0.5, 0.6) is 5.75 Å². The molecular weight excluding hydrogens is 384 g/mol. The summed E-state index contributed by atoms with van der Waals surface area (Å²) in [5, 5.41) is 11.1. The molecule has 2 aromatic carbocycles. The number of benzene rings is 2. The molecule has 2 aliphatic heterocycles. The third-order valence-electron chi connectivity index (χ3n) is 5.78. The highest BCUT2D eigenvalue weighted by atomic mass is 16.5. The number of ether oxygens (including phenoxy) is 2. The third kappa shape index (κ3) is 3.11. The molecule has 2 amide bonds. The number of carbonyl (C=O) groups excluding carboxylic acids is 2. The predicted octanol–water partition coefficient (Wildman–Crippen LogP) is 3.51. The topological polar surface area (TPSA) is 79.3 Å². The van der Waals surface area contributed by atoms with Crippen LogP contribution >= 0.6 is 0 Å². The standard InChI is InChI=1S/C23H22N2O5/c1-13-9-18-19(10-14(13)2)25(23(28)30-4)22(27)20-11-16(12-24(20)21(18)26)15-5-7-17(29-3)8-6-15/h4-10,12,20,22,27H,11H2,1-3H3/t20-,22-/m0/s1. The van der Waals surface area contributed by atoms with E-state index in [4.69, 9.17) is 11.8 Å². The third-order valence-corrected chi connectivity index (χ3v) is 5.78. The molecule has 7 heteroatoms. The normalized spacial score (nSPS) is 20.3. The first-order valence-electron chi connectivity index (χ1n) is 9.52. The van der Waals surface area contributed by atoms with E-state index in [2.05, 4.69) is 4.74 Å². The van der Waals surface area contributed by atoms with Crippen molar-refractivity contribution in [3.63, 3.8) is 0 Å². The molecule has 0 fully saturated rings. The van der Waals surface area contributed by atoms with Gasteiger partial charge in [-0.3, -0.25) is 4.79 Å². The van der Waals surface area contributed by atoms with Gasteiger partial charge in [0.25, 0.3) is 5.91 Å². The van der Waals surface area contributed by atoms with Crippen molar-refractivity contribution in [3.05, 3.63) is 72.0 Å². The number of rotatable bonds is 2. The number of aryl methyl sites for hydroxylation is 2. The number of carbonyl (C=O) groups is 2. The van der Waals surface area contributed by atoms with Crippen LogP contribution in [0.4, 0.5) is 10.5 Å². The Morgan fingerprint density at radius 1 is 1.17 bits per heavy atom. The first-order chi connectivity index (χ1) is 14.3. The van der Waals surface area contributed by atoms with E-state index >= 15 is 0 Å². The van der Waals surface area contributed by atoms with Gasteiger partial charge >= 0.3 is 6.09 Å². The van der Waals surface area contributed by atoms with Gasteiger partial charge in [0.1, 0.15) is 5.75 Å². The van der Waals surface area contributed by atoms with Gasteiger partial charge in [-0.25, -0.2) is 9.69 Å². The van der Waals surface area contributed by atoms with Crippen LogP contribution in [0.3, 0.4) is 0 Å². The van der Waals surface area contributed by atoms with Crippen molar-refractivity contribution in [2.24, 2.45) is 0 Å². The SMILES string of the molecule is [CH]OC(=O)N1c2cc(C)c(C)cc2C(=O)N2C=C(c3ccc(OC)cc3)C[C@H]2[C@@H]1O. The molecule has 0 unspecified atom stereocenters. The van der Waals surface area contributed by atoms with Crippen LogP contribution in [0.2, 0.25) is 0 Å². The molecule has 2 aliphatic rings. The minimum absolute atomic E-state index is 0.278. The zero-order valence-electron chi connectivity index (χ0n) is 17.0. The van der Waals surface area contributed by atoms with Crippen molar-refractivity contribution in [1.29, 1.82) is 0 Å². The highest BCUT2D eigenvalue weighted by Gasteiger charge is 2.45. The lowest BCUT2D eigenvalue weighted by molar-refractivity contribution is 0.0571. The number of nitrogens with zero attached hydrogens (tertiary/aromatic N) is 2. The fourth-order valence-corrected chi connectivity index (χ4v) is 3.98. The van der Waals surface area contributed by atoms with Crippen LogP contribution in [0.15, 0.2) is 42.6 Å². The molecule has 30 heavy (non-hydrogen) atoms. The minimum atomic E-state index is -1.33. The molecule has 2 radical (unpaired) electrons. The summed E-state index contributed by atoms with van der Waals surface area (Å²) < 4.78 is 9.63. The lowest BCUT2D eigenvalue weighted by Crippen LogP contribution is -2.50. The summed E-state index contributed by atoms with van der Waals surface area (Å²) >= 11 is 0. The Balaban J connectivity index is 1.81. The van der Waals surface area contributed by atoms with Crippen molar-refractivity contribution in [3.8, 4) is 5.75 Å². The van der Waals surface area contributed by atoms with Crippen LogP contribution < -0.4 is 9.64 Å². The summed E-state index contributed by atoms with van der Waals surface area (Å²) in [6, 6.07) is 10.2. The van der Waals surface area contributed by atoms with Gasteiger partial charge in [0.15, 0.2) is 13.3 Å². The van der Waals surface area contributed by atoms with E-state index in [0.29, 0.717) is 12.0 Å². The van der Waals surface area contributed by atoms with Crippen LogP contribution in [-0.4, -0.2) is 41.4 Å². The van der Waals surface area contributed by atoms with Gasteiger partial charge in [-0.15, -0.1) is 0 Å². The van der Waals surface area contributed by atoms with Gasteiger partial charge in [-0.1, -0.05) is 12.1 Å². The second-order valence-corrected chi connectivity index (χ2v) is 7.49. The summed E-state index contributed by atoms with van der Waals surface area (Å²) in [7, 11) is 6.73. The van der Waals surface area contributed by atoms with E-state index in [1.54, 1.807) is 25.4 Å². The largest absolute Gasteiger partial charge is 0.497 e. The van der Waals surface area contributed by atoms with Gasteiger partial charge in [0.2, 0.25) is 0 Å². The van der Waals surface area contributed by atoms with Crippen LogP contribution in [-0.2, 0) is 4.74 Å². The molecule has 2 heterocycles. The Morgan fingerprint density at radius 2 is 1.83 bits per heavy atom. The van der Waals surface area contributed by atoms with Gasteiger partial charge in [0, 0.05) is 6.20 Å². The van der Waals surface area contributed by atoms with Crippen molar-refractivity contribution in [2.75, 3.05) is 12.0 Å². The molecule has 0 spiro atoms. The molecule has 0 saturated carbocycles. The maximum absolute atomic E-state index is 13.4. The monoisotopic (exact) mass is 406 g/mol. The molecule has 0 aliphatic carbocycles. The molecule has 0 saturated heterocycles. The Hall–Kier alpha value is -3.32. The maximum atomic E-state index is 13.4. The zero-order chi connectivity index (χ0) is 21.6. The van der Waals surface area contributed by atoms with Gasteiger partial charge in [0.05, 0.1) is 24.4 Å². The van der Waals surface area contributed by atoms with E-state index in [-0.39, 0.29) is 11.6 Å². The number of aliphatic hydroxyl groups is 1. The first-order valence-corrected chi connectivity index (χ1v) is 9.52. The second-order valence-electron chi connectivity index (χ2n) is 7.49. The maximum Gasteiger partial charge on any atom is 0.417 e. The van der Waals surface area contributed by atoms with Crippen molar-refractivity contribution in [1.82, 2.24) is 4.90 Å². The second kappa shape index (κ2) is 7.50. The summed E-state index contributed by atoms with van der Waals surface area (Å²) in [5.74, 6) is 0.424. The Bertz CT molecular complexity index is 1040. The highest BCUT2D eigenvalue weighted by molar-refractivity contribution is 6.06. The van der Waals surface area contributed by atoms with Gasteiger partial charge in [-0.05, 0) is 66.8 Å². The Kier molecular flexibility index (Phi) is 4.99. The zero-order valence-corrected chi connectivity index (χ0v) is 17.0. The molecule has 2 atom stereocenters. The number of hydrogen-bond donors (Lipinski definition) is 1. The Labute approximate surface area is 175 Å². The number of aliphatic hydroxyl groups excluding tert-OH is 1. The van der Waals surface area contributed by atoms with Crippen molar-refractivity contribution >= 4 is 23.3 Å². The van der Waals surface area contributed by atoms with E-state index in [9.17, 15) is 14.7 Å². The van der Waals surface area contributed by atoms with Crippen LogP contribution in [0.1, 0.15) is 33.5 Å². The molecule has 0 aromatic heterocycles. The molecule has 154 valence electrons. The average molecular weight is 406 g/mol. The molecule has 0 bridgehead atoms. The number of methoxy groups -OCH3 is 1. The smallest absolute Gasteiger partial charge is 0.417 e. The number of fused-ring (bicyclic) bond motifs is 2. The number of hydrogen-bond acceptors (Lipinski definition) is 5. The van der Waals surface area contributed by atoms with Gasteiger partial charge < -0.3 is 19.5 Å². The molecule has 4 rings (SSSR count). The summed E-state index contributed by atoms with van der Waals surface area (Å²) in [6.45, 7) is 3.75. The van der Waals surface area contributed by atoms with Crippen molar-refractivity contribution in [2.45, 2.75) is 32.5 Å². The summed E-state index contributed by atoms with van der Waals surface area (Å²) in [5.41, 5.74) is 4.12. The van der Waals surface area contributed by atoms with Gasteiger partial charge in [-0.2, -0.15) is 0 Å². The molecule has 7 nitrogen and oxygen atoms in total. The van der Waals surface area contributed by atoms with E-state index in [1.165, 1.54) is 4.90 Å². The quantitative estimate of drug-likeness (QED) is 0.826. The van der Waals surface area contributed by atoms with Crippen LogP contribution in [0.25, 0.3) is 5.57 Å². The molecular formula is C23H22N2O5. The Morgan fingerprint density at radius 3 is 2.47 bits per heavy atom. The fraction of sp³-hybridized carbons (Fsp3) is 0.261. The summed E-state index contributed by atoms with van der Waals surface area (Å²) in [6.07, 6.45) is -0.173. The number of amides is 2. The highest BCUT2D eigenvalue weighted by Crippen LogP contribution is 2.40. The minimum Gasteiger partial charge on any atom is -0.497 e.